The summed E-state index contributed by atoms with van der Waals surface area (Å²) in [5.74, 6) is 0. The van der Waals surface area contributed by atoms with Gasteiger partial charge in [0.1, 0.15) is 0 Å². The maximum Gasteiger partial charge on any atom is 1.00 e. The third kappa shape index (κ3) is 2.92. The van der Waals surface area contributed by atoms with E-state index in [4.69, 9.17) is 0 Å². The van der Waals surface area contributed by atoms with Crippen LogP contribution in [0.1, 0.15) is 0 Å². The molecule has 0 saturated carbocycles. The zero-order valence-electron chi connectivity index (χ0n) is 6.05. The first-order valence-corrected chi connectivity index (χ1v) is 4.39. The molecule has 0 bridgehead atoms. The summed E-state index contributed by atoms with van der Waals surface area (Å²) in [7, 11) is 0. The molecule has 0 saturated heterocycles. The predicted octanol–water partition coefficient (Wildman–Crippen LogP) is -2.10. The van der Waals surface area contributed by atoms with Crippen molar-refractivity contribution >= 4 is 28.1 Å². The molecule has 1 unspecified atom stereocenters. The van der Waals surface area contributed by atoms with E-state index < -0.39 is 16.0 Å². The van der Waals surface area contributed by atoms with Crippen molar-refractivity contribution in [1.82, 2.24) is 0 Å². The first kappa shape index (κ1) is 12.2. The summed E-state index contributed by atoms with van der Waals surface area (Å²) in [4.78, 5) is 9.42. The Morgan fingerprint density at radius 1 is 1.58 bits per heavy atom. The van der Waals surface area contributed by atoms with Gasteiger partial charge in [-0.3, -0.25) is 14.3 Å². The number of rotatable bonds is 2. The van der Waals surface area contributed by atoms with Gasteiger partial charge in [-0.15, -0.1) is 11.3 Å². The van der Waals surface area contributed by atoms with Gasteiger partial charge in [0.2, 0.25) is 0 Å². The molecule has 1 atom stereocenters. The normalized spacial score (nSPS) is 11.8. The van der Waals surface area contributed by atoms with E-state index in [0.29, 0.717) is 0 Å². The van der Waals surface area contributed by atoms with Crippen LogP contribution in [0, 0.1) is 10.1 Å². The van der Waals surface area contributed by atoms with Crippen LogP contribution < -0.4 is 29.6 Å². The Morgan fingerprint density at radius 3 is 2.42 bits per heavy atom. The van der Waals surface area contributed by atoms with Gasteiger partial charge in [-0.2, -0.15) is 0 Å². The molecule has 0 aromatic carbocycles. The fraction of sp³-hybridized carbons (Fsp3) is 0. The van der Waals surface area contributed by atoms with E-state index >= 15 is 0 Å². The minimum atomic E-state index is -2.36. The molecule has 8 heteroatoms. The third-order valence-corrected chi connectivity index (χ3v) is 2.79. The number of nitrogens with zero attached hydrogens (tertiary/aromatic N) is 1. The van der Waals surface area contributed by atoms with Gasteiger partial charge in [0.25, 0.3) is 5.69 Å². The smallest absolute Gasteiger partial charge is 0.768 e. The van der Waals surface area contributed by atoms with Gasteiger partial charge in [-0.05, 0) is 11.1 Å². The predicted molar refractivity (Wildman–Crippen MR) is 38.2 cm³/mol. The minimum absolute atomic E-state index is 0. The minimum Gasteiger partial charge on any atom is -0.768 e. The average molecular weight is 215 g/mol. The van der Waals surface area contributed by atoms with Crippen molar-refractivity contribution in [1.29, 1.82) is 0 Å². The Labute approximate surface area is 96.5 Å². The van der Waals surface area contributed by atoms with Crippen molar-refractivity contribution in [2.24, 2.45) is 0 Å². The second-order valence-corrected chi connectivity index (χ2v) is 3.69. The first-order chi connectivity index (χ1) is 5.11. The summed E-state index contributed by atoms with van der Waals surface area (Å²) in [5, 5.41) is 11.2. The van der Waals surface area contributed by atoms with Gasteiger partial charge in [-0.25, -0.2) is 0 Å². The van der Waals surface area contributed by atoms with Crippen molar-refractivity contribution in [2.45, 2.75) is 4.21 Å². The largest absolute Gasteiger partial charge is 1.00 e. The second-order valence-electron chi connectivity index (χ2n) is 1.62. The van der Waals surface area contributed by atoms with Crippen LogP contribution in [-0.2, 0) is 11.1 Å². The standard InChI is InChI=1S/C4H3NO4S2.Na/c6-5(7)3-1-4(10-2-3)11(8)9;/h1-2H,(H,8,9);/q;+1/p-1. The molecule has 12 heavy (non-hydrogen) atoms. The topological polar surface area (TPSA) is 83.3 Å². The summed E-state index contributed by atoms with van der Waals surface area (Å²) in [6, 6.07) is 1.02. The molecule has 1 aromatic rings. The molecule has 0 amide bonds. The molecular weight excluding hydrogens is 213 g/mol. The number of hydrogen-bond acceptors (Lipinski definition) is 5. The number of nitro groups is 1. The van der Waals surface area contributed by atoms with Gasteiger partial charge in [-0.1, -0.05) is 0 Å². The molecule has 0 aliphatic rings. The van der Waals surface area contributed by atoms with Crippen LogP contribution in [0.15, 0.2) is 15.7 Å². The maximum absolute atomic E-state index is 10.2. The molecule has 0 spiro atoms. The Kier molecular flexibility index (Phi) is 5.14. The van der Waals surface area contributed by atoms with Crippen LogP contribution in [0.3, 0.4) is 0 Å². The van der Waals surface area contributed by atoms with Crippen LogP contribution in [0.4, 0.5) is 5.69 Å². The van der Waals surface area contributed by atoms with Gasteiger partial charge in [0.15, 0.2) is 0 Å². The van der Waals surface area contributed by atoms with Crippen LogP contribution in [0.25, 0.3) is 0 Å². The van der Waals surface area contributed by atoms with E-state index in [0.717, 1.165) is 17.4 Å². The zero-order chi connectivity index (χ0) is 8.43. The van der Waals surface area contributed by atoms with Crippen LogP contribution in [-0.4, -0.2) is 13.7 Å². The molecular formula is C4H2NNaO4S2. The fourth-order valence-corrected chi connectivity index (χ4v) is 1.75. The van der Waals surface area contributed by atoms with E-state index in [2.05, 4.69) is 0 Å². The van der Waals surface area contributed by atoms with E-state index in [-0.39, 0.29) is 39.5 Å². The Balaban J connectivity index is 0.00000121. The third-order valence-electron chi connectivity index (χ3n) is 0.937. The summed E-state index contributed by atoms with van der Waals surface area (Å²) in [6.07, 6.45) is 0. The Hall–Kier alpha value is 0.210. The summed E-state index contributed by atoms with van der Waals surface area (Å²) in [6.45, 7) is 0. The van der Waals surface area contributed by atoms with Crippen molar-refractivity contribution in [3.05, 3.63) is 21.6 Å². The van der Waals surface area contributed by atoms with Gasteiger partial charge in [0, 0.05) is 6.07 Å². The van der Waals surface area contributed by atoms with Gasteiger partial charge < -0.3 is 4.55 Å². The molecule has 0 radical (unpaired) electrons. The van der Waals surface area contributed by atoms with E-state index in [1.54, 1.807) is 0 Å². The van der Waals surface area contributed by atoms with Crippen molar-refractivity contribution in [3.63, 3.8) is 0 Å². The number of thiophene rings is 1. The van der Waals surface area contributed by atoms with Crippen LogP contribution in [0.5, 0.6) is 0 Å². The molecule has 1 aromatic heterocycles. The fourth-order valence-electron chi connectivity index (χ4n) is 0.490. The molecule has 0 fully saturated rings. The molecule has 60 valence electrons. The summed E-state index contributed by atoms with van der Waals surface area (Å²) < 4.78 is 20.4. The summed E-state index contributed by atoms with van der Waals surface area (Å²) in [5.41, 5.74) is -0.186. The van der Waals surface area contributed by atoms with Gasteiger partial charge >= 0.3 is 29.6 Å². The van der Waals surface area contributed by atoms with Crippen molar-refractivity contribution < 1.29 is 43.2 Å². The van der Waals surface area contributed by atoms with Crippen LogP contribution >= 0.6 is 11.3 Å². The SMILES string of the molecule is O=[N+]([O-])c1csc(S(=O)[O-])c1.[Na+]. The van der Waals surface area contributed by atoms with E-state index in [1.165, 1.54) is 5.38 Å². The molecule has 0 aliphatic carbocycles. The maximum atomic E-state index is 10.2. The molecule has 0 N–H and O–H groups in total. The molecule has 0 aliphatic heterocycles. The number of hydrogen-bond donors (Lipinski definition) is 0. The van der Waals surface area contributed by atoms with E-state index in [1.807, 2.05) is 0 Å². The molecule has 1 rings (SSSR count). The molecule has 5 nitrogen and oxygen atoms in total. The Morgan fingerprint density at radius 2 is 2.17 bits per heavy atom. The van der Waals surface area contributed by atoms with Crippen molar-refractivity contribution in [2.75, 3.05) is 0 Å². The van der Waals surface area contributed by atoms with Crippen molar-refractivity contribution in [3.8, 4) is 0 Å². The van der Waals surface area contributed by atoms with Gasteiger partial charge in [0.05, 0.1) is 14.5 Å². The zero-order valence-corrected chi connectivity index (χ0v) is 9.68. The van der Waals surface area contributed by atoms with E-state index in [9.17, 15) is 18.9 Å². The monoisotopic (exact) mass is 215 g/mol. The second kappa shape index (κ2) is 5.05. The first-order valence-electron chi connectivity index (χ1n) is 2.43. The quantitative estimate of drug-likeness (QED) is 0.245. The molecule has 1 heterocycles. The summed E-state index contributed by atoms with van der Waals surface area (Å²) >= 11 is -1.53. The average Bonchev–Trinajstić information content (AvgIpc) is 2.33. The Bertz CT molecular complexity index is 283. The van der Waals surface area contributed by atoms with Crippen LogP contribution in [0.2, 0.25) is 0 Å².